The lowest BCUT2D eigenvalue weighted by atomic mass is 10.3. The van der Waals surface area contributed by atoms with E-state index in [2.05, 4.69) is 15.2 Å². The molecule has 0 aliphatic rings. The lowest BCUT2D eigenvalue weighted by Gasteiger charge is -2.03. The van der Waals surface area contributed by atoms with Crippen molar-refractivity contribution < 1.29 is 0 Å². The van der Waals surface area contributed by atoms with Gasteiger partial charge in [-0.2, -0.15) is 0 Å². The number of aromatic amines is 1. The van der Waals surface area contributed by atoms with Crippen LogP contribution in [0.1, 0.15) is 5.82 Å². The minimum absolute atomic E-state index is 0.565. The normalized spacial score (nSPS) is 11.2. The predicted octanol–water partition coefficient (Wildman–Crippen LogP) is 2.53. The van der Waals surface area contributed by atoms with Crippen LogP contribution in [0.2, 0.25) is 5.02 Å². The van der Waals surface area contributed by atoms with E-state index in [1.807, 2.05) is 34.4 Å². The Kier molecular flexibility index (Phi) is 2.68. The van der Waals surface area contributed by atoms with Crippen molar-refractivity contribution in [3.8, 4) is 0 Å². The van der Waals surface area contributed by atoms with Gasteiger partial charge in [-0.1, -0.05) is 17.7 Å². The zero-order chi connectivity index (χ0) is 12.7. The van der Waals surface area contributed by atoms with E-state index in [4.69, 9.17) is 23.8 Å². The molecule has 3 aromatic rings. The molecule has 0 bridgehead atoms. The number of hydrogen-bond acceptors (Lipinski definition) is 3. The largest absolute Gasteiger partial charge is 0.329 e. The van der Waals surface area contributed by atoms with E-state index >= 15 is 0 Å². The second-order valence-corrected chi connectivity index (χ2v) is 4.80. The highest BCUT2D eigenvalue weighted by Crippen LogP contribution is 2.22. The quantitative estimate of drug-likeness (QED) is 0.734. The van der Waals surface area contributed by atoms with Crippen molar-refractivity contribution in [2.75, 3.05) is 0 Å². The SMILES string of the molecule is Cn1cnnc1Cn1c(=S)[nH]c2c(Cl)cccc21. The molecule has 0 saturated heterocycles. The highest BCUT2D eigenvalue weighted by atomic mass is 35.5. The van der Waals surface area contributed by atoms with Crippen LogP contribution in [0.25, 0.3) is 11.0 Å². The van der Waals surface area contributed by atoms with Crippen molar-refractivity contribution >= 4 is 34.9 Å². The summed E-state index contributed by atoms with van der Waals surface area (Å²) in [5.74, 6) is 0.840. The number of halogens is 1. The molecule has 18 heavy (non-hydrogen) atoms. The van der Waals surface area contributed by atoms with Gasteiger partial charge < -0.3 is 14.1 Å². The molecular weight excluding hydrogens is 270 g/mol. The van der Waals surface area contributed by atoms with Gasteiger partial charge in [0, 0.05) is 7.05 Å². The zero-order valence-electron chi connectivity index (χ0n) is 9.59. The van der Waals surface area contributed by atoms with E-state index in [1.54, 1.807) is 6.33 Å². The van der Waals surface area contributed by atoms with Crippen molar-refractivity contribution in [3.05, 3.63) is 40.1 Å². The number of fused-ring (bicyclic) bond motifs is 1. The maximum atomic E-state index is 6.13. The van der Waals surface area contributed by atoms with Gasteiger partial charge in [0.25, 0.3) is 0 Å². The molecule has 2 aromatic heterocycles. The van der Waals surface area contributed by atoms with E-state index in [0.717, 1.165) is 16.9 Å². The fourth-order valence-corrected chi connectivity index (χ4v) is 2.38. The van der Waals surface area contributed by atoms with Crippen molar-refractivity contribution in [1.29, 1.82) is 0 Å². The number of hydrogen-bond donors (Lipinski definition) is 1. The summed E-state index contributed by atoms with van der Waals surface area (Å²) in [6.45, 7) is 0.565. The summed E-state index contributed by atoms with van der Waals surface area (Å²) in [5, 5.41) is 8.58. The smallest absolute Gasteiger partial charge is 0.178 e. The van der Waals surface area contributed by atoms with Crippen molar-refractivity contribution in [2.45, 2.75) is 6.54 Å². The molecule has 0 aliphatic heterocycles. The van der Waals surface area contributed by atoms with Gasteiger partial charge >= 0.3 is 0 Å². The van der Waals surface area contributed by atoms with Crippen LogP contribution in [0.15, 0.2) is 24.5 Å². The molecule has 0 aliphatic carbocycles. The molecule has 0 amide bonds. The van der Waals surface area contributed by atoms with Crippen LogP contribution in [0, 0.1) is 4.77 Å². The predicted molar refractivity (Wildman–Crippen MR) is 72.2 cm³/mol. The Balaban J connectivity index is 2.18. The minimum Gasteiger partial charge on any atom is -0.329 e. The first-order valence-electron chi connectivity index (χ1n) is 5.36. The summed E-state index contributed by atoms with van der Waals surface area (Å²) < 4.78 is 4.45. The molecule has 2 heterocycles. The fraction of sp³-hybridized carbons (Fsp3) is 0.182. The summed E-state index contributed by atoms with van der Waals surface area (Å²) in [5.41, 5.74) is 1.82. The van der Waals surface area contributed by atoms with Crippen LogP contribution >= 0.6 is 23.8 Å². The molecule has 0 saturated carbocycles. The number of nitrogens with zero attached hydrogens (tertiary/aromatic N) is 4. The monoisotopic (exact) mass is 279 g/mol. The van der Waals surface area contributed by atoms with E-state index in [1.165, 1.54) is 0 Å². The molecule has 7 heteroatoms. The highest BCUT2D eigenvalue weighted by Gasteiger charge is 2.09. The number of nitrogens with one attached hydrogen (secondary N) is 1. The number of aryl methyl sites for hydroxylation is 1. The third kappa shape index (κ3) is 1.74. The Labute approximate surface area is 113 Å². The molecular formula is C11H10ClN5S. The third-order valence-electron chi connectivity index (χ3n) is 2.86. The first-order valence-corrected chi connectivity index (χ1v) is 6.15. The van der Waals surface area contributed by atoms with E-state index in [-0.39, 0.29) is 0 Å². The molecule has 3 rings (SSSR count). The van der Waals surface area contributed by atoms with E-state index in [0.29, 0.717) is 16.3 Å². The Morgan fingerprint density at radius 1 is 1.44 bits per heavy atom. The summed E-state index contributed by atoms with van der Waals surface area (Å²) >= 11 is 11.5. The molecule has 0 fully saturated rings. The molecule has 0 radical (unpaired) electrons. The molecule has 5 nitrogen and oxygen atoms in total. The van der Waals surface area contributed by atoms with Crippen LogP contribution < -0.4 is 0 Å². The summed E-state index contributed by atoms with van der Waals surface area (Å²) in [6, 6.07) is 5.71. The topological polar surface area (TPSA) is 51.4 Å². The second-order valence-electron chi connectivity index (χ2n) is 4.01. The van der Waals surface area contributed by atoms with E-state index in [9.17, 15) is 0 Å². The van der Waals surface area contributed by atoms with Gasteiger partial charge in [0.2, 0.25) is 0 Å². The summed E-state index contributed by atoms with van der Waals surface area (Å²) in [7, 11) is 1.90. The van der Waals surface area contributed by atoms with Crippen molar-refractivity contribution in [1.82, 2.24) is 24.3 Å². The van der Waals surface area contributed by atoms with Crippen LogP contribution in [-0.4, -0.2) is 24.3 Å². The number of aromatic nitrogens is 5. The van der Waals surface area contributed by atoms with Gasteiger partial charge in [-0.15, -0.1) is 10.2 Å². The number of rotatable bonds is 2. The van der Waals surface area contributed by atoms with Crippen LogP contribution in [0.3, 0.4) is 0 Å². The maximum absolute atomic E-state index is 6.13. The molecule has 0 atom stereocenters. The van der Waals surface area contributed by atoms with Gasteiger partial charge in [-0.05, 0) is 24.4 Å². The fourth-order valence-electron chi connectivity index (χ4n) is 1.89. The first-order chi connectivity index (χ1) is 8.66. The number of para-hydroxylation sites is 1. The molecule has 1 N–H and O–H groups in total. The highest BCUT2D eigenvalue weighted by molar-refractivity contribution is 7.71. The van der Waals surface area contributed by atoms with Gasteiger partial charge in [-0.25, -0.2) is 0 Å². The summed E-state index contributed by atoms with van der Waals surface area (Å²) in [4.78, 5) is 3.12. The average Bonchev–Trinajstić information content (AvgIpc) is 2.87. The first kappa shape index (κ1) is 11.4. The van der Waals surface area contributed by atoms with Crippen molar-refractivity contribution in [3.63, 3.8) is 0 Å². The van der Waals surface area contributed by atoms with Crippen LogP contribution in [0.4, 0.5) is 0 Å². The molecule has 1 aromatic carbocycles. The Morgan fingerprint density at radius 3 is 3.00 bits per heavy atom. The Morgan fingerprint density at radius 2 is 2.28 bits per heavy atom. The molecule has 0 unspecified atom stereocenters. The van der Waals surface area contributed by atoms with Gasteiger partial charge in [0.15, 0.2) is 10.6 Å². The van der Waals surface area contributed by atoms with Crippen LogP contribution in [0.5, 0.6) is 0 Å². The number of H-pyrrole nitrogens is 1. The number of imidazole rings is 1. The average molecular weight is 280 g/mol. The summed E-state index contributed by atoms with van der Waals surface area (Å²) in [6.07, 6.45) is 1.67. The number of benzene rings is 1. The third-order valence-corrected chi connectivity index (χ3v) is 3.50. The molecule has 92 valence electrons. The van der Waals surface area contributed by atoms with Crippen LogP contribution in [-0.2, 0) is 13.6 Å². The van der Waals surface area contributed by atoms with Gasteiger partial charge in [0.1, 0.15) is 6.33 Å². The van der Waals surface area contributed by atoms with Gasteiger partial charge in [-0.3, -0.25) is 0 Å². The minimum atomic E-state index is 0.565. The van der Waals surface area contributed by atoms with E-state index < -0.39 is 0 Å². The second kappa shape index (κ2) is 4.22. The molecule has 0 spiro atoms. The lowest BCUT2D eigenvalue weighted by Crippen LogP contribution is -2.05. The Hall–Kier alpha value is -1.66. The maximum Gasteiger partial charge on any atom is 0.178 e. The van der Waals surface area contributed by atoms with Crippen molar-refractivity contribution in [2.24, 2.45) is 7.05 Å². The van der Waals surface area contributed by atoms with Gasteiger partial charge in [0.05, 0.1) is 22.6 Å². The Bertz CT molecular complexity index is 769. The lowest BCUT2D eigenvalue weighted by molar-refractivity contribution is 0.705. The standard InChI is InChI=1S/C11H10ClN5S/c1-16-6-13-15-9(16)5-17-8-4-2-3-7(12)10(8)14-11(17)18/h2-4,6H,5H2,1H3,(H,14,18). The zero-order valence-corrected chi connectivity index (χ0v) is 11.2.